The molecule has 0 unspecified atom stereocenters. The second-order valence-electron chi connectivity index (χ2n) is 6.22. The van der Waals surface area contributed by atoms with E-state index in [1.165, 1.54) is 0 Å². The molecule has 0 spiro atoms. The molecule has 3 rings (SSSR count). The molecule has 0 saturated heterocycles. The highest BCUT2D eigenvalue weighted by molar-refractivity contribution is 5.79. The number of fused-ring (bicyclic) bond motifs is 1. The molecular weight excluding hydrogens is 358 g/mol. The molecule has 0 aromatic heterocycles. The summed E-state index contributed by atoms with van der Waals surface area (Å²) in [4.78, 5) is 4.65. The fourth-order valence-corrected chi connectivity index (χ4v) is 2.68. The largest absolute Gasteiger partial charge is 0.491 e. The zero-order valence-corrected chi connectivity index (χ0v) is 16.4. The second-order valence-corrected chi connectivity index (χ2v) is 6.22. The van der Waals surface area contributed by atoms with Gasteiger partial charge >= 0.3 is 0 Å². The van der Waals surface area contributed by atoms with Gasteiger partial charge in [0.15, 0.2) is 17.5 Å². The normalized spacial score (nSPS) is 12.7. The Balaban J connectivity index is 1.53. The molecule has 7 heteroatoms. The standard InChI is InChI=1S/C21H27N3O4/c1-3-22-21(24-14-17-6-9-19-20(12-17)28-15-27-19)23-13-16-4-7-18(8-5-16)26-11-10-25-2/h4-9,12H,3,10-11,13-15H2,1-2H3,(H2,22,23,24). The minimum absolute atomic E-state index is 0.280. The molecule has 0 radical (unpaired) electrons. The topological polar surface area (TPSA) is 73.3 Å². The molecule has 0 aliphatic carbocycles. The van der Waals surface area contributed by atoms with Crippen LogP contribution in [-0.2, 0) is 17.8 Å². The number of methoxy groups -OCH3 is 1. The van der Waals surface area contributed by atoms with Gasteiger partial charge < -0.3 is 29.6 Å². The van der Waals surface area contributed by atoms with E-state index in [-0.39, 0.29) is 6.79 Å². The van der Waals surface area contributed by atoms with Crippen molar-refractivity contribution in [1.82, 2.24) is 10.6 Å². The number of guanidine groups is 1. The number of ether oxygens (including phenoxy) is 4. The highest BCUT2D eigenvalue weighted by Gasteiger charge is 2.12. The van der Waals surface area contributed by atoms with E-state index in [1.54, 1.807) is 7.11 Å². The van der Waals surface area contributed by atoms with Gasteiger partial charge in [-0.25, -0.2) is 4.99 Å². The van der Waals surface area contributed by atoms with E-state index in [9.17, 15) is 0 Å². The molecule has 7 nitrogen and oxygen atoms in total. The lowest BCUT2D eigenvalue weighted by Gasteiger charge is -2.12. The van der Waals surface area contributed by atoms with Gasteiger partial charge in [-0.3, -0.25) is 0 Å². The number of nitrogens with one attached hydrogen (secondary N) is 2. The highest BCUT2D eigenvalue weighted by Crippen LogP contribution is 2.32. The van der Waals surface area contributed by atoms with Crippen molar-refractivity contribution in [2.75, 3.05) is 33.7 Å². The summed E-state index contributed by atoms with van der Waals surface area (Å²) in [5.41, 5.74) is 2.21. The molecule has 2 aromatic carbocycles. The van der Waals surface area contributed by atoms with Crippen molar-refractivity contribution in [3.05, 3.63) is 53.6 Å². The highest BCUT2D eigenvalue weighted by atomic mass is 16.7. The van der Waals surface area contributed by atoms with Crippen LogP contribution in [0.4, 0.5) is 0 Å². The summed E-state index contributed by atoms with van der Waals surface area (Å²) in [5.74, 6) is 3.16. The summed E-state index contributed by atoms with van der Waals surface area (Å²) in [7, 11) is 1.66. The van der Waals surface area contributed by atoms with E-state index in [4.69, 9.17) is 18.9 Å². The van der Waals surface area contributed by atoms with Gasteiger partial charge in [-0.05, 0) is 42.3 Å². The first-order chi connectivity index (χ1) is 13.8. The van der Waals surface area contributed by atoms with Crippen molar-refractivity contribution in [3.63, 3.8) is 0 Å². The quantitative estimate of drug-likeness (QED) is 0.393. The van der Waals surface area contributed by atoms with Crippen LogP contribution in [0.1, 0.15) is 18.1 Å². The fraction of sp³-hybridized carbons (Fsp3) is 0.381. The Labute approximate surface area is 165 Å². The molecule has 1 aliphatic heterocycles. The smallest absolute Gasteiger partial charge is 0.231 e. The van der Waals surface area contributed by atoms with Crippen molar-refractivity contribution in [2.24, 2.45) is 4.99 Å². The summed E-state index contributed by atoms with van der Waals surface area (Å²) in [6.45, 7) is 5.47. The molecule has 2 aromatic rings. The second kappa shape index (κ2) is 10.4. The first kappa shape index (κ1) is 19.8. The third-order valence-corrected chi connectivity index (χ3v) is 4.14. The van der Waals surface area contributed by atoms with Crippen molar-refractivity contribution in [2.45, 2.75) is 20.0 Å². The van der Waals surface area contributed by atoms with Gasteiger partial charge in [0.1, 0.15) is 12.4 Å². The summed E-state index contributed by atoms with van der Waals surface area (Å²) in [6, 6.07) is 13.9. The molecule has 1 heterocycles. The maximum Gasteiger partial charge on any atom is 0.231 e. The van der Waals surface area contributed by atoms with Crippen LogP contribution in [0, 0.1) is 0 Å². The van der Waals surface area contributed by atoms with E-state index in [2.05, 4.69) is 15.6 Å². The van der Waals surface area contributed by atoms with Gasteiger partial charge in [0.2, 0.25) is 6.79 Å². The lowest BCUT2D eigenvalue weighted by atomic mass is 10.2. The zero-order chi connectivity index (χ0) is 19.6. The average Bonchev–Trinajstić information content (AvgIpc) is 3.19. The van der Waals surface area contributed by atoms with Crippen LogP contribution in [0.2, 0.25) is 0 Å². The Bertz CT molecular complexity index is 778. The summed E-state index contributed by atoms with van der Waals surface area (Å²) in [5, 5.41) is 6.62. The number of aliphatic imine (C=N–C) groups is 1. The molecule has 0 fully saturated rings. The van der Waals surface area contributed by atoms with Gasteiger partial charge in [0.05, 0.1) is 13.2 Å². The number of rotatable bonds is 9. The minimum atomic E-state index is 0.280. The molecule has 150 valence electrons. The number of benzene rings is 2. The fourth-order valence-electron chi connectivity index (χ4n) is 2.68. The maximum absolute atomic E-state index is 5.58. The third kappa shape index (κ3) is 5.79. The first-order valence-electron chi connectivity index (χ1n) is 9.40. The maximum atomic E-state index is 5.58. The first-order valence-corrected chi connectivity index (χ1v) is 9.40. The lowest BCUT2D eigenvalue weighted by molar-refractivity contribution is 0.146. The van der Waals surface area contributed by atoms with Gasteiger partial charge in [0, 0.05) is 20.2 Å². The van der Waals surface area contributed by atoms with Crippen LogP contribution in [0.3, 0.4) is 0 Å². The molecule has 2 N–H and O–H groups in total. The Morgan fingerprint density at radius 2 is 1.79 bits per heavy atom. The monoisotopic (exact) mass is 385 g/mol. The molecule has 0 amide bonds. The van der Waals surface area contributed by atoms with Crippen molar-refractivity contribution >= 4 is 5.96 Å². The molecular formula is C21H27N3O4. The van der Waals surface area contributed by atoms with Crippen LogP contribution in [0.5, 0.6) is 17.2 Å². The zero-order valence-electron chi connectivity index (χ0n) is 16.4. The van der Waals surface area contributed by atoms with Crippen LogP contribution in [0.15, 0.2) is 47.5 Å². The van der Waals surface area contributed by atoms with Crippen LogP contribution in [-0.4, -0.2) is 39.6 Å². The Kier molecular flexibility index (Phi) is 7.37. The Morgan fingerprint density at radius 3 is 2.57 bits per heavy atom. The van der Waals surface area contributed by atoms with Crippen molar-refractivity contribution in [1.29, 1.82) is 0 Å². The molecule has 1 aliphatic rings. The molecule has 28 heavy (non-hydrogen) atoms. The van der Waals surface area contributed by atoms with Crippen molar-refractivity contribution in [3.8, 4) is 17.2 Å². The summed E-state index contributed by atoms with van der Waals surface area (Å²) in [6.07, 6.45) is 0. The van der Waals surface area contributed by atoms with Gasteiger partial charge in [-0.1, -0.05) is 18.2 Å². The lowest BCUT2D eigenvalue weighted by Crippen LogP contribution is -2.36. The molecule has 0 bridgehead atoms. The van der Waals surface area contributed by atoms with E-state index in [1.807, 2.05) is 49.4 Å². The average molecular weight is 385 g/mol. The predicted molar refractivity (Wildman–Crippen MR) is 108 cm³/mol. The van der Waals surface area contributed by atoms with Gasteiger partial charge in [0.25, 0.3) is 0 Å². The van der Waals surface area contributed by atoms with Crippen LogP contribution >= 0.6 is 0 Å². The minimum Gasteiger partial charge on any atom is -0.491 e. The van der Waals surface area contributed by atoms with E-state index >= 15 is 0 Å². The Morgan fingerprint density at radius 1 is 1.00 bits per heavy atom. The van der Waals surface area contributed by atoms with Crippen molar-refractivity contribution < 1.29 is 18.9 Å². The number of nitrogens with zero attached hydrogens (tertiary/aromatic N) is 1. The molecule has 0 saturated carbocycles. The predicted octanol–water partition coefficient (Wildman–Crippen LogP) is 2.70. The van der Waals surface area contributed by atoms with E-state index in [0.29, 0.717) is 26.3 Å². The van der Waals surface area contributed by atoms with Crippen LogP contribution < -0.4 is 24.8 Å². The van der Waals surface area contributed by atoms with Crippen LogP contribution in [0.25, 0.3) is 0 Å². The van der Waals surface area contributed by atoms with Gasteiger partial charge in [-0.15, -0.1) is 0 Å². The number of hydrogen-bond donors (Lipinski definition) is 2. The van der Waals surface area contributed by atoms with E-state index in [0.717, 1.165) is 40.9 Å². The summed E-state index contributed by atoms with van der Waals surface area (Å²) < 4.78 is 21.3. The van der Waals surface area contributed by atoms with Gasteiger partial charge in [-0.2, -0.15) is 0 Å². The summed E-state index contributed by atoms with van der Waals surface area (Å²) >= 11 is 0. The SMILES string of the molecule is CCNC(=NCc1ccc2c(c1)OCO2)NCc1ccc(OCCOC)cc1. The molecule has 0 atom stereocenters. The third-order valence-electron chi connectivity index (χ3n) is 4.14. The number of hydrogen-bond acceptors (Lipinski definition) is 5. The Hall–Kier alpha value is -2.93. The van der Waals surface area contributed by atoms with E-state index < -0.39 is 0 Å².